The summed E-state index contributed by atoms with van der Waals surface area (Å²) in [6.45, 7) is 1.29. The van der Waals surface area contributed by atoms with Gasteiger partial charge < -0.3 is 5.32 Å². The van der Waals surface area contributed by atoms with Gasteiger partial charge >= 0.3 is 0 Å². The molecule has 1 fully saturated rings. The number of aromatic nitrogens is 3. The number of hydrogen-bond donors (Lipinski definition) is 1. The van der Waals surface area contributed by atoms with E-state index < -0.39 is 10.0 Å². The molecule has 1 N–H and O–H groups in total. The Kier molecular flexibility index (Phi) is 6.03. The van der Waals surface area contributed by atoms with Gasteiger partial charge in [-0.3, -0.25) is 9.20 Å². The number of halogens is 1. The average Bonchev–Trinajstić information content (AvgIpc) is 3.17. The largest absolute Gasteiger partial charge is 0.352 e. The Morgan fingerprint density at radius 3 is 2.70 bits per heavy atom. The third-order valence-corrected chi connectivity index (χ3v) is 7.52. The van der Waals surface area contributed by atoms with Crippen LogP contribution in [0.5, 0.6) is 0 Å². The number of piperidine rings is 1. The summed E-state index contributed by atoms with van der Waals surface area (Å²) in [6.07, 6.45) is 5.03. The van der Waals surface area contributed by atoms with Crippen LogP contribution in [0.15, 0.2) is 47.5 Å². The second kappa shape index (κ2) is 8.71. The van der Waals surface area contributed by atoms with Gasteiger partial charge in [-0.1, -0.05) is 24.1 Å². The van der Waals surface area contributed by atoms with Crippen LogP contribution < -0.4 is 5.32 Å². The average molecular weight is 448 g/mol. The summed E-state index contributed by atoms with van der Waals surface area (Å²) in [5, 5.41) is 11.1. The number of hydrogen-bond acceptors (Lipinski definition) is 5. The van der Waals surface area contributed by atoms with Crippen LogP contribution in [0.4, 0.5) is 0 Å². The van der Waals surface area contributed by atoms with Crippen LogP contribution in [0.1, 0.15) is 35.4 Å². The van der Waals surface area contributed by atoms with Gasteiger partial charge in [0.05, 0.1) is 5.02 Å². The lowest BCUT2D eigenvalue weighted by atomic mass is 10.2. The minimum Gasteiger partial charge on any atom is -0.352 e. The van der Waals surface area contributed by atoms with Gasteiger partial charge in [-0.05, 0) is 43.2 Å². The first-order valence-corrected chi connectivity index (χ1v) is 11.7. The molecule has 158 valence electrons. The van der Waals surface area contributed by atoms with Crippen LogP contribution >= 0.6 is 11.6 Å². The molecule has 1 amide bonds. The van der Waals surface area contributed by atoms with Gasteiger partial charge in [0.25, 0.3) is 5.91 Å². The SMILES string of the molecule is O=C(NCCc1nnc2ccccn12)c1ccc(Cl)c(S(=O)(=O)N2CCCCC2)c1. The molecule has 1 aliphatic rings. The van der Waals surface area contributed by atoms with Crippen molar-refractivity contribution in [3.63, 3.8) is 0 Å². The van der Waals surface area contributed by atoms with Crippen molar-refractivity contribution >= 4 is 33.2 Å². The fourth-order valence-electron chi connectivity index (χ4n) is 3.54. The topological polar surface area (TPSA) is 96.7 Å². The van der Waals surface area contributed by atoms with Crippen LogP contribution in [-0.2, 0) is 16.4 Å². The second-order valence-corrected chi connectivity index (χ2v) is 9.47. The van der Waals surface area contributed by atoms with Crippen LogP contribution in [0.25, 0.3) is 5.65 Å². The third-order valence-electron chi connectivity index (χ3n) is 5.14. The fraction of sp³-hybridized carbons (Fsp3) is 0.350. The van der Waals surface area contributed by atoms with E-state index in [2.05, 4.69) is 15.5 Å². The molecule has 4 rings (SSSR count). The Balaban J connectivity index is 1.46. The molecule has 1 saturated heterocycles. The predicted molar refractivity (Wildman–Crippen MR) is 113 cm³/mol. The standard InChI is InChI=1S/C20H22ClN5O3S/c21-16-8-7-15(14-17(16)30(28,29)25-11-3-1-4-12-25)20(27)22-10-9-19-24-23-18-6-2-5-13-26(18)19/h2,5-8,13-14H,1,3-4,9-12H2,(H,22,27). The Morgan fingerprint density at radius 2 is 1.90 bits per heavy atom. The van der Waals surface area contributed by atoms with E-state index in [0.29, 0.717) is 26.1 Å². The normalized spacial score (nSPS) is 15.4. The summed E-state index contributed by atoms with van der Waals surface area (Å²) >= 11 is 6.18. The molecule has 1 aliphatic heterocycles. The summed E-state index contributed by atoms with van der Waals surface area (Å²) in [5.41, 5.74) is 0.991. The molecule has 0 aliphatic carbocycles. The maximum Gasteiger partial charge on any atom is 0.251 e. The van der Waals surface area contributed by atoms with Crippen LogP contribution in [-0.4, -0.2) is 52.9 Å². The number of rotatable bonds is 6. The Bertz CT molecular complexity index is 1170. The Labute approximate surface area is 179 Å². The monoisotopic (exact) mass is 447 g/mol. The minimum atomic E-state index is -3.73. The smallest absolute Gasteiger partial charge is 0.251 e. The molecule has 10 heteroatoms. The maximum absolute atomic E-state index is 13.0. The summed E-state index contributed by atoms with van der Waals surface area (Å²) in [7, 11) is -3.73. The highest BCUT2D eigenvalue weighted by molar-refractivity contribution is 7.89. The third kappa shape index (κ3) is 4.19. The van der Waals surface area contributed by atoms with Crippen LogP contribution in [0.2, 0.25) is 5.02 Å². The summed E-state index contributed by atoms with van der Waals surface area (Å²) < 4.78 is 29.2. The zero-order chi connectivity index (χ0) is 21.1. The molecule has 0 spiro atoms. The number of carbonyl (C=O) groups excluding carboxylic acids is 1. The van der Waals surface area contributed by atoms with Crippen molar-refractivity contribution < 1.29 is 13.2 Å². The number of nitrogens with zero attached hydrogens (tertiary/aromatic N) is 4. The molecule has 0 saturated carbocycles. The highest BCUT2D eigenvalue weighted by Gasteiger charge is 2.28. The van der Waals surface area contributed by atoms with E-state index in [-0.39, 0.29) is 21.4 Å². The zero-order valence-corrected chi connectivity index (χ0v) is 17.9. The van der Waals surface area contributed by atoms with E-state index in [1.807, 2.05) is 28.8 Å². The predicted octanol–water partition coefficient (Wildman–Crippen LogP) is 2.53. The van der Waals surface area contributed by atoms with E-state index in [1.165, 1.54) is 22.5 Å². The van der Waals surface area contributed by atoms with Crippen molar-refractivity contribution in [3.8, 4) is 0 Å². The summed E-state index contributed by atoms with van der Waals surface area (Å²) in [6, 6.07) is 9.96. The second-order valence-electron chi connectivity index (χ2n) is 7.16. The molecule has 8 nitrogen and oxygen atoms in total. The molecule has 30 heavy (non-hydrogen) atoms. The molecular weight excluding hydrogens is 426 g/mol. The van der Waals surface area contributed by atoms with E-state index in [9.17, 15) is 13.2 Å². The van der Waals surface area contributed by atoms with E-state index >= 15 is 0 Å². The van der Waals surface area contributed by atoms with Gasteiger partial charge in [-0.15, -0.1) is 10.2 Å². The molecule has 0 radical (unpaired) electrons. The van der Waals surface area contributed by atoms with Crippen molar-refractivity contribution in [1.29, 1.82) is 0 Å². The van der Waals surface area contributed by atoms with Crippen molar-refractivity contribution in [2.75, 3.05) is 19.6 Å². The van der Waals surface area contributed by atoms with Crippen molar-refractivity contribution in [3.05, 3.63) is 59.0 Å². The number of carbonyl (C=O) groups is 1. The lowest BCUT2D eigenvalue weighted by molar-refractivity contribution is 0.0953. The number of amides is 1. The Hall–Kier alpha value is -2.49. The van der Waals surface area contributed by atoms with Crippen molar-refractivity contribution in [1.82, 2.24) is 24.2 Å². The molecule has 2 aromatic heterocycles. The van der Waals surface area contributed by atoms with Crippen molar-refractivity contribution in [2.24, 2.45) is 0 Å². The highest BCUT2D eigenvalue weighted by atomic mass is 35.5. The molecule has 0 atom stereocenters. The number of benzene rings is 1. The van der Waals surface area contributed by atoms with Crippen LogP contribution in [0, 0.1) is 0 Å². The van der Waals surface area contributed by atoms with E-state index in [4.69, 9.17) is 11.6 Å². The first-order chi connectivity index (χ1) is 14.5. The van der Waals surface area contributed by atoms with E-state index in [1.54, 1.807) is 0 Å². The lowest BCUT2D eigenvalue weighted by Gasteiger charge is -2.26. The fourth-order valence-corrected chi connectivity index (χ4v) is 5.56. The number of pyridine rings is 1. The molecule has 0 unspecified atom stereocenters. The molecule has 0 bridgehead atoms. The van der Waals surface area contributed by atoms with Gasteiger partial charge in [0.2, 0.25) is 10.0 Å². The molecule has 3 heterocycles. The maximum atomic E-state index is 13.0. The first-order valence-electron chi connectivity index (χ1n) is 9.83. The molecular formula is C20H22ClN5O3S. The van der Waals surface area contributed by atoms with Gasteiger partial charge in [-0.2, -0.15) is 4.31 Å². The lowest BCUT2D eigenvalue weighted by Crippen LogP contribution is -2.36. The highest BCUT2D eigenvalue weighted by Crippen LogP contribution is 2.27. The zero-order valence-electron chi connectivity index (χ0n) is 16.3. The minimum absolute atomic E-state index is 0.0258. The number of fused-ring (bicyclic) bond motifs is 1. The molecule has 1 aromatic carbocycles. The number of sulfonamides is 1. The molecule has 3 aromatic rings. The van der Waals surface area contributed by atoms with Gasteiger partial charge in [0.1, 0.15) is 10.7 Å². The Morgan fingerprint density at radius 1 is 1.10 bits per heavy atom. The quantitative estimate of drug-likeness (QED) is 0.626. The van der Waals surface area contributed by atoms with Crippen LogP contribution in [0.3, 0.4) is 0 Å². The van der Waals surface area contributed by atoms with E-state index in [0.717, 1.165) is 30.7 Å². The van der Waals surface area contributed by atoms with Gasteiger partial charge in [-0.25, -0.2) is 8.42 Å². The van der Waals surface area contributed by atoms with Gasteiger partial charge in [0.15, 0.2) is 5.65 Å². The summed E-state index contributed by atoms with van der Waals surface area (Å²) in [5.74, 6) is 0.367. The first kappa shape index (κ1) is 20.8. The number of nitrogens with one attached hydrogen (secondary N) is 1. The van der Waals surface area contributed by atoms with Crippen molar-refractivity contribution in [2.45, 2.75) is 30.6 Å². The summed E-state index contributed by atoms with van der Waals surface area (Å²) in [4.78, 5) is 12.6. The van der Waals surface area contributed by atoms with Gasteiger partial charge in [0, 0.05) is 37.8 Å².